The maximum Gasteiger partial charge on any atom is 0.347 e. The summed E-state index contributed by atoms with van der Waals surface area (Å²) in [6.07, 6.45) is -1.87. The van der Waals surface area contributed by atoms with E-state index in [2.05, 4.69) is 5.32 Å². The molecule has 0 heterocycles. The monoisotopic (exact) mass is 369 g/mol. The molecule has 6 nitrogen and oxygen atoms in total. The fraction of sp³-hybridized carbons (Fsp3) is 0.286. The third-order valence-corrected chi connectivity index (χ3v) is 3.83. The third kappa shape index (κ3) is 5.95. The van der Waals surface area contributed by atoms with Gasteiger partial charge in [-0.15, -0.1) is 0 Å². The highest BCUT2D eigenvalue weighted by Crippen LogP contribution is 2.15. The Morgan fingerprint density at radius 2 is 1.67 bits per heavy atom. The van der Waals surface area contributed by atoms with Crippen LogP contribution in [-0.4, -0.2) is 29.9 Å². The number of Topliss-reactive ketones (excluding diaryl/α,β-unsaturated/α-hetero) is 1. The van der Waals surface area contributed by atoms with Gasteiger partial charge in [0.15, 0.2) is 18.0 Å². The minimum Gasteiger partial charge on any atom is -0.479 e. The lowest BCUT2D eigenvalue weighted by Crippen LogP contribution is -2.35. The van der Waals surface area contributed by atoms with Gasteiger partial charge in [-0.2, -0.15) is 0 Å². The minimum atomic E-state index is -1.01. The van der Waals surface area contributed by atoms with Crippen LogP contribution in [0, 0.1) is 6.92 Å². The fourth-order valence-corrected chi connectivity index (χ4v) is 2.32. The molecule has 2 rings (SSSR count). The highest BCUT2D eigenvalue weighted by molar-refractivity contribution is 5.98. The molecule has 0 aliphatic carbocycles. The van der Waals surface area contributed by atoms with Gasteiger partial charge in [-0.05, 0) is 57.5 Å². The SMILES string of the molecule is CC(=O)c1cccc(NC(=O)[C@@H](C)OC(=O)[C@H](C)Oc2cccc(C)c2)c1. The Morgan fingerprint density at radius 1 is 0.963 bits per heavy atom. The molecule has 0 unspecified atom stereocenters. The van der Waals surface area contributed by atoms with E-state index >= 15 is 0 Å². The molecule has 1 N–H and O–H groups in total. The lowest BCUT2D eigenvalue weighted by Gasteiger charge is -2.18. The molecule has 1 amide bonds. The van der Waals surface area contributed by atoms with E-state index in [1.165, 1.54) is 13.8 Å². The number of hydrogen-bond donors (Lipinski definition) is 1. The Labute approximate surface area is 158 Å². The molecule has 0 aliphatic rings. The van der Waals surface area contributed by atoms with E-state index in [-0.39, 0.29) is 5.78 Å². The second kappa shape index (κ2) is 8.98. The van der Waals surface area contributed by atoms with E-state index in [0.717, 1.165) is 5.56 Å². The first-order valence-electron chi connectivity index (χ1n) is 8.62. The highest BCUT2D eigenvalue weighted by Gasteiger charge is 2.23. The zero-order chi connectivity index (χ0) is 20.0. The minimum absolute atomic E-state index is 0.104. The smallest absolute Gasteiger partial charge is 0.347 e. The zero-order valence-corrected chi connectivity index (χ0v) is 15.8. The van der Waals surface area contributed by atoms with Crippen LogP contribution in [0.4, 0.5) is 5.69 Å². The second-order valence-electron chi connectivity index (χ2n) is 6.28. The average Bonchev–Trinajstić information content (AvgIpc) is 2.61. The van der Waals surface area contributed by atoms with Crippen molar-refractivity contribution in [2.75, 3.05) is 5.32 Å². The number of ketones is 1. The molecule has 0 radical (unpaired) electrons. The first kappa shape index (κ1) is 20.2. The fourth-order valence-electron chi connectivity index (χ4n) is 2.32. The van der Waals surface area contributed by atoms with Gasteiger partial charge in [-0.25, -0.2) is 4.79 Å². The summed E-state index contributed by atoms with van der Waals surface area (Å²) in [4.78, 5) is 35.8. The number of ether oxygens (including phenoxy) is 2. The van der Waals surface area contributed by atoms with Gasteiger partial charge in [-0.1, -0.05) is 24.3 Å². The summed E-state index contributed by atoms with van der Waals surface area (Å²) in [6, 6.07) is 13.8. The summed E-state index contributed by atoms with van der Waals surface area (Å²) < 4.78 is 10.7. The number of anilines is 1. The lowest BCUT2D eigenvalue weighted by molar-refractivity contribution is -0.159. The van der Waals surface area contributed by atoms with Crippen LogP contribution >= 0.6 is 0 Å². The number of carbonyl (C=O) groups is 3. The van der Waals surface area contributed by atoms with E-state index in [9.17, 15) is 14.4 Å². The van der Waals surface area contributed by atoms with Gasteiger partial charge >= 0.3 is 5.97 Å². The summed E-state index contributed by atoms with van der Waals surface area (Å²) in [7, 11) is 0. The molecule has 2 aromatic carbocycles. The van der Waals surface area contributed by atoms with Gasteiger partial charge in [0.1, 0.15) is 5.75 Å². The van der Waals surface area contributed by atoms with Gasteiger partial charge in [0.25, 0.3) is 5.91 Å². The molecule has 0 aliphatic heterocycles. The predicted molar refractivity (Wildman–Crippen MR) is 102 cm³/mol. The maximum atomic E-state index is 12.2. The van der Waals surface area contributed by atoms with E-state index in [1.807, 2.05) is 25.1 Å². The summed E-state index contributed by atoms with van der Waals surface area (Å²) in [5, 5.41) is 2.63. The molecule has 27 heavy (non-hydrogen) atoms. The molecule has 0 fully saturated rings. The van der Waals surface area contributed by atoms with Gasteiger partial charge in [-0.3, -0.25) is 9.59 Å². The largest absolute Gasteiger partial charge is 0.479 e. The summed E-state index contributed by atoms with van der Waals surface area (Å²) in [5.41, 5.74) is 1.95. The number of benzene rings is 2. The molecule has 0 spiro atoms. The molecule has 0 saturated heterocycles. The third-order valence-electron chi connectivity index (χ3n) is 3.83. The van der Waals surface area contributed by atoms with Crippen molar-refractivity contribution in [2.24, 2.45) is 0 Å². The van der Waals surface area contributed by atoms with Crippen LogP contribution in [0.3, 0.4) is 0 Å². The van der Waals surface area contributed by atoms with Crippen LogP contribution in [0.15, 0.2) is 48.5 Å². The molecule has 0 saturated carbocycles. The standard InChI is InChI=1S/C21H23NO5/c1-13-7-5-10-19(11-13)26-16(4)21(25)27-15(3)20(24)22-18-9-6-8-17(12-18)14(2)23/h5-12,15-16H,1-4H3,(H,22,24)/t15-,16+/m1/s1. The lowest BCUT2D eigenvalue weighted by atomic mass is 10.1. The summed E-state index contributed by atoms with van der Waals surface area (Å²) >= 11 is 0. The van der Waals surface area contributed by atoms with Crippen molar-refractivity contribution < 1.29 is 23.9 Å². The number of nitrogens with one attached hydrogen (secondary N) is 1. The normalized spacial score (nSPS) is 12.6. The molecule has 2 aromatic rings. The number of hydrogen-bond acceptors (Lipinski definition) is 5. The molecule has 0 aromatic heterocycles. The van der Waals surface area contributed by atoms with Crippen LogP contribution < -0.4 is 10.1 Å². The highest BCUT2D eigenvalue weighted by atomic mass is 16.6. The Balaban J connectivity index is 1.92. The van der Waals surface area contributed by atoms with Crippen molar-refractivity contribution in [1.29, 1.82) is 0 Å². The molecular weight excluding hydrogens is 346 g/mol. The molecule has 142 valence electrons. The van der Waals surface area contributed by atoms with Crippen LogP contribution in [0.5, 0.6) is 5.75 Å². The second-order valence-corrected chi connectivity index (χ2v) is 6.28. The van der Waals surface area contributed by atoms with Crippen LogP contribution in [0.1, 0.15) is 36.7 Å². The zero-order valence-electron chi connectivity index (χ0n) is 15.8. The topological polar surface area (TPSA) is 81.7 Å². The van der Waals surface area contributed by atoms with Crippen molar-refractivity contribution >= 4 is 23.3 Å². The molecule has 0 bridgehead atoms. The van der Waals surface area contributed by atoms with Crippen LogP contribution in [0.2, 0.25) is 0 Å². The van der Waals surface area contributed by atoms with Crippen molar-refractivity contribution in [1.82, 2.24) is 0 Å². The first-order valence-corrected chi connectivity index (χ1v) is 8.62. The first-order chi connectivity index (χ1) is 12.8. The van der Waals surface area contributed by atoms with E-state index in [0.29, 0.717) is 17.0 Å². The maximum absolute atomic E-state index is 12.2. The van der Waals surface area contributed by atoms with Crippen molar-refractivity contribution in [3.63, 3.8) is 0 Å². The van der Waals surface area contributed by atoms with E-state index in [1.54, 1.807) is 37.3 Å². The Bertz CT molecular complexity index is 846. The number of amides is 1. The van der Waals surface area contributed by atoms with Crippen LogP contribution in [-0.2, 0) is 14.3 Å². The Morgan fingerprint density at radius 3 is 2.33 bits per heavy atom. The van der Waals surface area contributed by atoms with Crippen LogP contribution in [0.25, 0.3) is 0 Å². The van der Waals surface area contributed by atoms with Crippen molar-refractivity contribution in [3.05, 3.63) is 59.7 Å². The summed E-state index contributed by atoms with van der Waals surface area (Å²) in [6.45, 7) is 6.40. The van der Waals surface area contributed by atoms with Gasteiger partial charge in [0.2, 0.25) is 0 Å². The van der Waals surface area contributed by atoms with E-state index in [4.69, 9.17) is 9.47 Å². The molecular formula is C21H23NO5. The molecule has 2 atom stereocenters. The van der Waals surface area contributed by atoms with E-state index < -0.39 is 24.1 Å². The van der Waals surface area contributed by atoms with Gasteiger partial charge in [0, 0.05) is 11.3 Å². The Hall–Kier alpha value is -3.15. The Kier molecular flexibility index (Phi) is 6.71. The van der Waals surface area contributed by atoms with Gasteiger partial charge < -0.3 is 14.8 Å². The number of esters is 1. The predicted octanol–water partition coefficient (Wildman–Crippen LogP) is 3.54. The number of rotatable bonds is 7. The summed E-state index contributed by atoms with van der Waals surface area (Å²) in [5.74, 6) is -0.686. The van der Waals surface area contributed by atoms with Crippen molar-refractivity contribution in [3.8, 4) is 5.75 Å². The van der Waals surface area contributed by atoms with Gasteiger partial charge in [0.05, 0.1) is 0 Å². The molecule has 6 heteroatoms. The number of aryl methyl sites for hydroxylation is 1. The average molecular weight is 369 g/mol. The quantitative estimate of drug-likeness (QED) is 0.596. The van der Waals surface area contributed by atoms with Crippen molar-refractivity contribution in [2.45, 2.75) is 39.9 Å². The number of carbonyl (C=O) groups excluding carboxylic acids is 3.